The largest absolute Gasteiger partial charge is 0.464 e. The lowest BCUT2D eigenvalue weighted by atomic mass is 10.1. The minimum absolute atomic E-state index is 0.00116. The predicted octanol–water partition coefficient (Wildman–Crippen LogP) is 3.16. The minimum Gasteiger partial charge on any atom is -0.464 e. The van der Waals surface area contributed by atoms with E-state index in [4.69, 9.17) is 4.74 Å². The number of carbonyl (C=O) groups is 2. The fourth-order valence-electron chi connectivity index (χ4n) is 2.08. The Bertz CT molecular complexity index is 445. The molecule has 0 fully saturated rings. The Morgan fingerprint density at radius 3 is 2.43 bits per heavy atom. The molecule has 0 radical (unpaired) electrons. The molecule has 0 aliphatic heterocycles. The van der Waals surface area contributed by atoms with Crippen LogP contribution in [0.3, 0.4) is 0 Å². The molecule has 1 atom stereocenters. The SMILES string of the molecule is CCCCC(=O)N(Cc1ccccc1)C(C)C(=O)OCC. The molecule has 4 nitrogen and oxygen atoms in total. The predicted molar refractivity (Wildman–Crippen MR) is 82.6 cm³/mol. The van der Waals surface area contributed by atoms with Gasteiger partial charge in [0.2, 0.25) is 5.91 Å². The van der Waals surface area contributed by atoms with E-state index in [1.807, 2.05) is 37.3 Å². The fourth-order valence-corrected chi connectivity index (χ4v) is 2.08. The number of nitrogens with zero attached hydrogens (tertiary/aromatic N) is 1. The standard InChI is InChI=1S/C17H25NO3/c1-4-6-12-16(19)18(14(3)17(20)21-5-2)13-15-10-8-7-9-11-15/h7-11,14H,4-6,12-13H2,1-3H3. The average Bonchev–Trinajstić information content (AvgIpc) is 2.50. The van der Waals surface area contributed by atoms with Crippen molar-refractivity contribution in [2.24, 2.45) is 0 Å². The highest BCUT2D eigenvalue weighted by Crippen LogP contribution is 2.13. The van der Waals surface area contributed by atoms with Crippen LogP contribution in [0, 0.1) is 0 Å². The van der Waals surface area contributed by atoms with Crippen LogP contribution in [0.5, 0.6) is 0 Å². The fraction of sp³-hybridized carbons (Fsp3) is 0.529. The second-order valence-electron chi connectivity index (χ2n) is 5.04. The van der Waals surface area contributed by atoms with Crippen molar-refractivity contribution in [1.82, 2.24) is 4.90 Å². The molecule has 1 aromatic carbocycles. The van der Waals surface area contributed by atoms with E-state index in [1.54, 1.807) is 18.7 Å². The van der Waals surface area contributed by atoms with Crippen molar-refractivity contribution >= 4 is 11.9 Å². The lowest BCUT2D eigenvalue weighted by molar-refractivity contribution is -0.154. The van der Waals surface area contributed by atoms with Gasteiger partial charge in [0.15, 0.2) is 0 Å². The number of unbranched alkanes of at least 4 members (excludes halogenated alkanes) is 1. The van der Waals surface area contributed by atoms with Crippen LogP contribution in [0.15, 0.2) is 30.3 Å². The summed E-state index contributed by atoms with van der Waals surface area (Å²) < 4.78 is 5.04. The summed E-state index contributed by atoms with van der Waals surface area (Å²) in [5, 5.41) is 0. The Balaban J connectivity index is 2.83. The summed E-state index contributed by atoms with van der Waals surface area (Å²) >= 11 is 0. The normalized spacial score (nSPS) is 11.8. The summed E-state index contributed by atoms with van der Waals surface area (Å²) in [4.78, 5) is 25.9. The van der Waals surface area contributed by atoms with Crippen LogP contribution in [-0.4, -0.2) is 29.4 Å². The van der Waals surface area contributed by atoms with Gasteiger partial charge in [0.25, 0.3) is 0 Å². The molecule has 4 heteroatoms. The van der Waals surface area contributed by atoms with E-state index in [-0.39, 0.29) is 11.9 Å². The Kier molecular flexibility index (Phi) is 7.51. The Morgan fingerprint density at radius 2 is 1.86 bits per heavy atom. The Hall–Kier alpha value is -1.84. The lowest BCUT2D eigenvalue weighted by Crippen LogP contribution is -2.43. The van der Waals surface area contributed by atoms with Gasteiger partial charge in [-0.15, -0.1) is 0 Å². The Labute approximate surface area is 127 Å². The van der Waals surface area contributed by atoms with Crippen molar-refractivity contribution < 1.29 is 14.3 Å². The first kappa shape index (κ1) is 17.2. The van der Waals surface area contributed by atoms with Crippen molar-refractivity contribution in [1.29, 1.82) is 0 Å². The molecule has 0 bridgehead atoms. The minimum atomic E-state index is -0.561. The Morgan fingerprint density at radius 1 is 1.19 bits per heavy atom. The molecule has 1 aromatic rings. The van der Waals surface area contributed by atoms with Gasteiger partial charge in [-0.2, -0.15) is 0 Å². The van der Waals surface area contributed by atoms with Gasteiger partial charge in [0.1, 0.15) is 6.04 Å². The maximum Gasteiger partial charge on any atom is 0.328 e. The molecule has 1 unspecified atom stereocenters. The van der Waals surface area contributed by atoms with Crippen molar-refractivity contribution in [2.75, 3.05) is 6.61 Å². The van der Waals surface area contributed by atoms with Crippen LogP contribution < -0.4 is 0 Å². The van der Waals surface area contributed by atoms with Crippen LogP contribution in [0.25, 0.3) is 0 Å². The lowest BCUT2D eigenvalue weighted by Gasteiger charge is -2.28. The molecule has 0 aliphatic rings. The molecule has 0 saturated heterocycles. The second kappa shape index (κ2) is 9.16. The van der Waals surface area contributed by atoms with Crippen LogP contribution >= 0.6 is 0 Å². The van der Waals surface area contributed by atoms with Gasteiger partial charge in [0, 0.05) is 13.0 Å². The van der Waals surface area contributed by atoms with Gasteiger partial charge >= 0.3 is 5.97 Å². The zero-order chi connectivity index (χ0) is 15.7. The number of hydrogen-bond donors (Lipinski definition) is 0. The molecule has 0 heterocycles. The monoisotopic (exact) mass is 291 g/mol. The molecule has 1 rings (SSSR count). The quantitative estimate of drug-likeness (QED) is 0.691. The molecule has 0 aliphatic carbocycles. The molecule has 0 aromatic heterocycles. The molecule has 0 N–H and O–H groups in total. The summed E-state index contributed by atoms with van der Waals surface area (Å²) in [7, 11) is 0. The van der Waals surface area contributed by atoms with E-state index in [9.17, 15) is 9.59 Å². The number of benzene rings is 1. The third-order valence-corrected chi connectivity index (χ3v) is 3.36. The van der Waals surface area contributed by atoms with Crippen LogP contribution in [0.2, 0.25) is 0 Å². The maximum absolute atomic E-state index is 12.4. The summed E-state index contributed by atoms with van der Waals surface area (Å²) in [6, 6.07) is 9.14. The number of ether oxygens (including phenoxy) is 1. The molecule has 116 valence electrons. The van der Waals surface area contributed by atoms with Gasteiger partial charge in [0.05, 0.1) is 6.61 Å². The third kappa shape index (κ3) is 5.58. The van der Waals surface area contributed by atoms with Gasteiger partial charge < -0.3 is 9.64 Å². The number of carbonyl (C=O) groups excluding carboxylic acids is 2. The molecule has 1 amide bonds. The average molecular weight is 291 g/mol. The summed E-state index contributed by atoms with van der Waals surface area (Å²) in [5.41, 5.74) is 1.01. The van der Waals surface area contributed by atoms with E-state index in [2.05, 4.69) is 0 Å². The first-order valence-corrected chi connectivity index (χ1v) is 7.60. The molecule has 0 spiro atoms. The van der Waals surface area contributed by atoms with E-state index >= 15 is 0 Å². The maximum atomic E-state index is 12.4. The molecule has 21 heavy (non-hydrogen) atoms. The molecule has 0 saturated carbocycles. The highest BCUT2D eigenvalue weighted by Gasteiger charge is 2.26. The third-order valence-electron chi connectivity index (χ3n) is 3.36. The van der Waals surface area contributed by atoms with Gasteiger partial charge in [-0.3, -0.25) is 4.79 Å². The van der Waals surface area contributed by atoms with Crippen LogP contribution in [0.1, 0.15) is 45.6 Å². The van der Waals surface area contributed by atoms with E-state index in [0.29, 0.717) is 19.6 Å². The molecular formula is C17H25NO3. The first-order chi connectivity index (χ1) is 10.1. The number of hydrogen-bond acceptors (Lipinski definition) is 3. The highest BCUT2D eigenvalue weighted by atomic mass is 16.5. The number of rotatable bonds is 8. The zero-order valence-electron chi connectivity index (χ0n) is 13.2. The van der Waals surface area contributed by atoms with E-state index in [0.717, 1.165) is 18.4 Å². The van der Waals surface area contributed by atoms with Gasteiger partial charge in [-0.25, -0.2) is 4.79 Å². The summed E-state index contributed by atoms with van der Waals surface area (Å²) in [5.74, 6) is -0.348. The van der Waals surface area contributed by atoms with Crippen molar-refractivity contribution in [3.05, 3.63) is 35.9 Å². The summed E-state index contributed by atoms with van der Waals surface area (Å²) in [6.45, 7) is 6.30. The van der Waals surface area contributed by atoms with Crippen LogP contribution in [-0.2, 0) is 20.9 Å². The smallest absolute Gasteiger partial charge is 0.328 e. The van der Waals surface area contributed by atoms with Gasteiger partial charge in [-0.1, -0.05) is 43.7 Å². The number of amides is 1. The van der Waals surface area contributed by atoms with E-state index < -0.39 is 6.04 Å². The topological polar surface area (TPSA) is 46.6 Å². The zero-order valence-corrected chi connectivity index (χ0v) is 13.2. The second-order valence-corrected chi connectivity index (χ2v) is 5.04. The van der Waals surface area contributed by atoms with Crippen molar-refractivity contribution in [3.63, 3.8) is 0 Å². The highest BCUT2D eigenvalue weighted by molar-refractivity contribution is 5.84. The van der Waals surface area contributed by atoms with Gasteiger partial charge in [-0.05, 0) is 25.8 Å². The summed E-state index contributed by atoms with van der Waals surface area (Å²) in [6.07, 6.45) is 2.26. The molecular weight excluding hydrogens is 266 g/mol. The van der Waals surface area contributed by atoms with Crippen molar-refractivity contribution in [2.45, 2.75) is 52.6 Å². The van der Waals surface area contributed by atoms with E-state index in [1.165, 1.54) is 0 Å². The van der Waals surface area contributed by atoms with Crippen LogP contribution in [0.4, 0.5) is 0 Å². The number of esters is 1. The van der Waals surface area contributed by atoms with Crippen molar-refractivity contribution in [3.8, 4) is 0 Å². The first-order valence-electron chi connectivity index (χ1n) is 7.60.